The van der Waals surface area contributed by atoms with E-state index in [0.29, 0.717) is 52.6 Å². The molecular weight excluding hydrogens is 540 g/mol. The van der Waals surface area contributed by atoms with E-state index in [1.165, 1.54) is 44.1 Å². The van der Waals surface area contributed by atoms with Gasteiger partial charge in [-0.1, -0.05) is 102 Å². The summed E-state index contributed by atoms with van der Waals surface area (Å²) in [5.41, 5.74) is 2.22. The minimum atomic E-state index is -0.163. The van der Waals surface area contributed by atoms with Crippen LogP contribution in [0.1, 0.15) is 148 Å². The lowest BCUT2D eigenvalue weighted by atomic mass is 9.42. The van der Waals surface area contributed by atoms with E-state index in [1.807, 2.05) is 0 Å². The normalized spacial score (nSPS) is 48.4. The predicted octanol–water partition coefficient (Wildman–Crippen LogP) is 10.9. The Morgan fingerprint density at radius 2 is 1.64 bits per heavy atom. The molecule has 4 fully saturated rings. The van der Waals surface area contributed by atoms with E-state index in [-0.39, 0.29) is 40.7 Å². The van der Waals surface area contributed by atoms with Crippen LogP contribution >= 0.6 is 0 Å². The van der Waals surface area contributed by atoms with Crippen LogP contribution in [0.15, 0.2) is 11.6 Å². The zero-order valence-electron chi connectivity index (χ0n) is 31.1. The third kappa shape index (κ3) is 5.33. The van der Waals surface area contributed by atoms with Gasteiger partial charge >= 0.3 is 0 Å². The van der Waals surface area contributed by atoms with Gasteiger partial charge in [-0.3, -0.25) is 4.79 Å². The number of carbonyl (C=O) groups is 1. The maximum atomic E-state index is 14.3. The first-order chi connectivity index (χ1) is 20.4. The highest BCUT2D eigenvalue weighted by Gasteiger charge is 2.66. The average Bonchev–Trinajstić information content (AvgIpc) is 3.24. The van der Waals surface area contributed by atoms with Crippen molar-refractivity contribution < 1.29 is 14.3 Å². The molecule has 1 heterocycles. The van der Waals surface area contributed by atoms with Gasteiger partial charge in [0.2, 0.25) is 0 Å². The maximum absolute atomic E-state index is 14.3. The third-order valence-corrected chi connectivity index (χ3v) is 16.1. The van der Waals surface area contributed by atoms with Gasteiger partial charge in [0.15, 0.2) is 12.1 Å². The minimum Gasteiger partial charge on any atom is -0.349 e. The van der Waals surface area contributed by atoms with Crippen molar-refractivity contribution in [2.45, 2.75) is 166 Å². The molecular formula is C41H70O3. The van der Waals surface area contributed by atoms with E-state index in [0.717, 1.165) is 25.2 Å². The van der Waals surface area contributed by atoms with Crippen molar-refractivity contribution in [3.63, 3.8) is 0 Å². The Labute approximate surface area is 272 Å². The standard InChI is InChI=1S/C41H70O3/c1-14-34-28(7)27(6)29(8)37(43-34)44-35-22-32-33(42)21-31-30(39(32,11)23-25(35)4)17-19-41(13)36(18-20-40(31,41)12)38(9,10)26(5)16-15-24(2)3/h21,24-30,32,34-37H,14-20,22-23H2,1-13H3/t25-,26+,27?,28?,29?,30?,32-,34?,35+,36+,37?,39+,40-,41+/m0/s1. The highest BCUT2D eigenvalue weighted by atomic mass is 16.7. The van der Waals surface area contributed by atoms with Gasteiger partial charge in [0.05, 0.1) is 12.2 Å². The number of carbonyl (C=O) groups excluding carboxylic acids is 1. The van der Waals surface area contributed by atoms with E-state index in [2.05, 4.69) is 96.1 Å². The zero-order valence-corrected chi connectivity index (χ0v) is 31.1. The second kappa shape index (κ2) is 12.1. The minimum absolute atomic E-state index is 0.0236. The molecule has 0 radical (unpaired) electrons. The van der Waals surface area contributed by atoms with Crippen LogP contribution in [0.5, 0.6) is 0 Å². The van der Waals surface area contributed by atoms with Crippen molar-refractivity contribution in [1.82, 2.24) is 0 Å². The molecule has 0 aromatic heterocycles. The summed E-state index contributed by atoms with van der Waals surface area (Å²) >= 11 is 0. The van der Waals surface area contributed by atoms with Crippen LogP contribution in [0.2, 0.25) is 0 Å². The molecule has 0 aromatic carbocycles. The molecule has 0 aromatic rings. The van der Waals surface area contributed by atoms with Crippen LogP contribution in [0.3, 0.4) is 0 Å². The molecule has 0 amide bonds. The van der Waals surface area contributed by atoms with Crippen LogP contribution in [-0.4, -0.2) is 24.3 Å². The molecule has 44 heavy (non-hydrogen) atoms. The Hall–Kier alpha value is -0.670. The molecule has 3 saturated carbocycles. The number of allylic oxidation sites excluding steroid dienone is 2. The van der Waals surface area contributed by atoms with Crippen LogP contribution in [0.4, 0.5) is 0 Å². The summed E-state index contributed by atoms with van der Waals surface area (Å²) in [6, 6.07) is 0. The Kier molecular flexibility index (Phi) is 9.52. The largest absolute Gasteiger partial charge is 0.349 e. The highest BCUT2D eigenvalue weighted by molar-refractivity contribution is 5.94. The van der Waals surface area contributed by atoms with E-state index < -0.39 is 0 Å². The number of ketones is 1. The summed E-state index contributed by atoms with van der Waals surface area (Å²) in [6.07, 6.45) is 13.0. The summed E-state index contributed by atoms with van der Waals surface area (Å²) in [5, 5.41) is 0. The van der Waals surface area contributed by atoms with Gasteiger partial charge in [-0.2, -0.15) is 0 Å². The Morgan fingerprint density at radius 3 is 2.27 bits per heavy atom. The highest BCUT2D eigenvalue weighted by Crippen LogP contribution is 2.74. The van der Waals surface area contributed by atoms with Gasteiger partial charge in [0.1, 0.15) is 0 Å². The number of ether oxygens (including phenoxy) is 2. The van der Waals surface area contributed by atoms with Gasteiger partial charge < -0.3 is 9.47 Å². The molecule has 0 N–H and O–H groups in total. The zero-order chi connectivity index (χ0) is 32.6. The van der Waals surface area contributed by atoms with Crippen LogP contribution in [0, 0.1) is 74.9 Å². The van der Waals surface area contributed by atoms with Crippen molar-refractivity contribution in [3.05, 3.63) is 11.6 Å². The maximum Gasteiger partial charge on any atom is 0.161 e. The summed E-state index contributed by atoms with van der Waals surface area (Å²) in [5.74, 6) is 5.05. The molecule has 5 rings (SSSR count). The lowest BCUT2D eigenvalue weighted by Gasteiger charge is -2.62. The lowest BCUT2D eigenvalue weighted by Crippen LogP contribution is -2.58. The van der Waals surface area contributed by atoms with Crippen LogP contribution in [-0.2, 0) is 14.3 Å². The average molecular weight is 611 g/mol. The van der Waals surface area contributed by atoms with Gasteiger partial charge in [0, 0.05) is 11.8 Å². The smallest absolute Gasteiger partial charge is 0.161 e. The quantitative estimate of drug-likeness (QED) is 0.274. The molecule has 3 heteroatoms. The number of hydrogen-bond donors (Lipinski definition) is 0. The molecule has 0 spiro atoms. The number of rotatable bonds is 8. The Morgan fingerprint density at radius 1 is 0.955 bits per heavy atom. The summed E-state index contributed by atoms with van der Waals surface area (Å²) in [4.78, 5) is 14.3. The molecule has 0 bridgehead atoms. The van der Waals surface area contributed by atoms with Crippen molar-refractivity contribution >= 4 is 5.78 Å². The van der Waals surface area contributed by atoms with Crippen molar-refractivity contribution in [1.29, 1.82) is 0 Å². The third-order valence-electron chi connectivity index (χ3n) is 16.1. The molecule has 5 aliphatic rings. The molecule has 252 valence electrons. The first kappa shape index (κ1) is 34.7. The van der Waals surface area contributed by atoms with Crippen LogP contribution in [0.25, 0.3) is 0 Å². The fourth-order valence-corrected chi connectivity index (χ4v) is 12.0. The van der Waals surface area contributed by atoms with Gasteiger partial charge in [0.25, 0.3) is 0 Å². The molecule has 3 nitrogen and oxygen atoms in total. The van der Waals surface area contributed by atoms with E-state index >= 15 is 0 Å². The van der Waals surface area contributed by atoms with Gasteiger partial charge in [-0.25, -0.2) is 0 Å². The molecule has 1 saturated heterocycles. The Bertz CT molecular complexity index is 1090. The summed E-state index contributed by atoms with van der Waals surface area (Å²) in [7, 11) is 0. The van der Waals surface area contributed by atoms with E-state index in [9.17, 15) is 4.79 Å². The Balaban J connectivity index is 1.38. The SMILES string of the molecule is CCC1OC(O[C@@H]2C[C@H]3C(=O)C=C4C(CC[C@]5(C)[C@@H](C(C)(C)[C@H](C)CCC(C)C)CC[C@@]45C)[C@@]3(C)C[C@@H]2C)C(C)C(C)C1C. The van der Waals surface area contributed by atoms with E-state index in [4.69, 9.17) is 9.47 Å². The fourth-order valence-electron chi connectivity index (χ4n) is 12.0. The summed E-state index contributed by atoms with van der Waals surface area (Å²) in [6.45, 7) is 31.7. The fraction of sp³-hybridized carbons (Fsp3) is 0.927. The topological polar surface area (TPSA) is 35.5 Å². The van der Waals surface area contributed by atoms with Crippen molar-refractivity contribution in [3.8, 4) is 0 Å². The molecule has 14 atom stereocenters. The number of hydrogen-bond acceptors (Lipinski definition) is 3. The number of fused-ring (bicyclic) bond motifs is 5. The summed E-state index contributed by atoms with van der Waals surface area (Å²) < 4.78 is 13.5. The second-order valence-electron chi connectivity index (χ2n) is 18.8. The van der Waals surface area contributed by atoms with Crippen molar-refractivity contribution in [2.24, 2.45) is 74.9 Å². The second-order valence-corrected chi connectivity index (χ2v) is 18.8. The monoisotopic (exact) mass is 611 g/mol. The van der Waals surface area contributed by atoms with Crippen LogP contribution < -0.4 is 0 Å². The predicted molar refractivity (Wildman–Crippen MR) is 183 cm³/mol. The van der Waals surface area contributed by atoms with Gasteiger partial charge in [-0.15, -0.1) is 0 Å². The van der Waals surface area contributed by atoms with Crippen molar-refractivity contribution in [2.75, 3.05) is 0 Å². The first-order valence-electron chi connectivity index (χ1n) is 19.0. The first-order valence-corrected chi connectivity index (χ1v) is 19.0. The van der Waals surface area contributed by atoms with E-state index in [1.54, 1.807) is 0 Å². The van der Waals surface area contributed by atoms with Gasteiger partial charge in [-0.05, 0) is 121 Å². The molecule has 1 aliphatic heterocycles. The molecule has 4 aliphatic carbocycles. The lowest BCUT2D eigenvalue weighted by molar-refractivity contribution is -0.278. The molecule has 6 unspecified atom stereocenters.